The number of rotatable bonds is 17. The molecule has 19 heteroatoms. The minimum absolute atomic E-state index is 0.0588. The van der Waals surface area contributed by atoms with Crippen molar-refractivity contribution in [3.8, 4) is 11.3 Å². The third kappa shape index (κ3) is 11.7. The standard InChI is InChI=1S/C49H74N8O11/c1-11-39-49(8)43(57(47(63)68-49)21-13-12-19-55-28-37(51-29-55)35-16-14-18-50-26-35)32(4)40(59)30(2)25-48(7,64-10)44(33(5)41(60)34(6)45(62)66-39)67-46-42(61)38(24-31(3)65-46)54(9)22-17-36-27-56(53-52-36)20-15-23-58/h14,16,18,26-34,38-39,42-44,46,58,61H,11-13,15,17,19-25H2,1-10H3/t30-,31-,32?,33+,34?,38?,39-,42-,43-,44-,46?,48-,49-/m1/s1. The molecule has 3 aliphatic heterocycles. The second-order valence-electron chi connectivity index (χ2n) is 19.6. The minimum Gasteiger partial charge on any atom is -0.458 e. The van der Waals surface area contributed by atoms with Crippen LogP contribution in [0.25, 0.3) is 11.3 Å². The second kappa shape index (κ2) is 22.8. The van der Waals surface area contributed by atoms with Gasteiger partial charge in [-0.15, -0.1) is 5.10 Å². The fourth-order valence-corrected chi connectivity index (χ4v) is 10.6. The number of carbonyl (C=O) groups excluding carboxylic acids is 4. The lowest BCUT2D eigenvalue weighted by atomic mass is 9.73. The number of aromatic nitrogens is 6. The number of unbranched alkanes of at least 4 members (excludes halogenated alkanes) is 1. The van der Waals surface area contributed by atoms with Gasteiger partial charge in [0, 0.05) is 100 Å². The van der Waals surface area contributed by atoms with Crippen LogP contribution >= 0.6 is 0 Å². The number of aliphatic hydroxyl groups is 2. The van der Waals surface area contributed by atoms with E-state index in [-0.39, 0.29) is 37.9 Å². The van der Waals surface area contributed by atoms with Crippen LogP contribution in [0.3, 0.4) is 0 Å². The van der Waals surface area contributed by atoms with Crippen LogP contribution in [-0.4, -0.2) is 161 Å². The van der Waals surface area contributed by atoms with E-state index in [9.17, 15) is 29.4 Å². The van der Waals surface area contributed by atoms with Gasteiger partial charge >= 0.3 is 12.1 Å². The van der Waals surface area contributed by atoms with E-state index in [4.69, 9.17) is 23.7 Å². The van der Waals surface area contributed by atoms with Crippen LogP contribution in [-0.2, 0) is 57.6 Å². The number of fused-ring (bicyclic) bond motifs is 1. The summed E-state index contributed by atoms with van der Waals surface area (Å²) < 4.78 is 35.4. The molecule has 3 aromatic heterocycles. The molecule has 1 amide bonds. The van der Waals surface area contributed by atoms with Crippen LogP contribution in [0.5, 0.6) is 0 Å². The van der Waals surface area contributed by atoms with E-state index in [1.807, 2.05) is 54.9 Å². The van der Waals surface area contributed by atoms with E-state index in [0.29, 0.717) is 51.7 Å². The second-order valence-corrected chi connectivity index (χ2v) is 19.6. The van der Waals surface area contributed by atoms with Crippen molar-refractivity contribution in [2.24, 2.45) is 23.7 Å². The summed E-state index contributed by atoms with van der Waals surface area (Å²) in [5.41, 5.74) is -0.266. The third-order valence-corrected chi connectivity index (χ3v) is 14.6. The lowest BCUT2D eigenvalue weighted by Crippen LogP contribution is -2.60. The van der Waals surface area contributed by atoms with E-state index in [1.165, 1.54) is 14.0 Å². The van der Waals surface area contributed by atoms with Gasteiger partial charge in [0.1, 0.15) is 23.9 Å². The van der Waals surface area contributed by atoms with E-state index < -0.39 is 89.4 Å². The summed E-state index contributed by atoms with van der Waals surface area (Å²) in [5.74, 6) is -5.19. The molecule has 68 heavy (non-hydrogen) atoms. The fourth-order valence-electron chi connectivity index (χ4n) is 10.6. The van der Waals surface area contributed by atoms with Gasteiger partial charge in [0.25, 0.3) is 0 Å². The number of likely N-dealkylation sites (N-methyl/N-ethyl adjacent to an activating group) is 1. The maximum absolute atomic E-state index is 14.9. The predicted octanol–water partition coefficient (Wildman–Crippen LogP) is 4.52. The molecular weight excluding hydrogens is 877 g/mol. The Kier molecular flexibility index (Phi) is 17.7. The number of carbonyl (C=O) groups is 4. The maximum atomic E-state index is 14.9. The van der Waals surface area contributed by atoms with Crippen molar-refractivity contribution in [2.75, 3.05) is 33.9 Å². The smallest absolute Gasteiger partial charge is 0.410 e. The Morgan fingerprint density at radius 2 is 1.74 bits per heavy atom. The highest BCUT2D eigenvalue weighted by atomic mass is 16.7. The van der Waals surface area contributed by atoms with Gasteiger partial charge < -0.3 is 48.3 Å². The number of hydrogen-bond acceptors (Lipinski definition) is 16. The molecule has 0 saturated carbocycles. The van der Waals surface area contributed by atoms with Crippen molar-refractivity contribution >= 4 is 23.6 Å². The van der Waals surface area contributed by atoms with Crippen molar-refractivity contribution in [3.63, 3.8) is 0 Å². The van der Waals surface area contributed by atoms with Crippen molar-refractivity contribution in [2.45, 2.75) is 167 Å². The monoisotopic (exact) mass is 951 g/mol. The van der Waals surface area contributed by atoms with Crippen LogP contribution in [0.1, 0.15) is 99.6 Å². The minimum atomic E-state index is -1.43. The highest BCUT2D eigenvalue weighted by Crippen LogP contribution is 2.43. The normalized spacial score (nSPS) is 33.1. The molecule has 0 aliphatic carbocycles. The summed E-state index contributed by atoms with van der Waals surface area (Å²) in [6.07, 6.45) is 6.87. The average Bonchev–Trinajstić information content (AvgIpc) is 4.07. The molecule has 6 rings (SSSR count). The van der Waals surface area contributed by atoms with Crippen LogP contribution in [0.2, 0.25) is 0 Å². The Morgan fingerprint density at radius 3 is 2.43 bits per heavy atom. The summed E-state index contributed by atoms with van der Waals surface area (Å²) in [6.45, 7) is 16.0. The van der Waals surface area contributed by atoms with Crippen LogP contribution in [0.15, 0.2) is 43.2 Å². The number of nitrogens with zero attached hydrogens (tertiary/aromatic N) is 8. The van der Waals surface area contributed by atoms with E-state index in [0.717, 1.165) is 17.0 Å². The molecule has 3 aliphatic rings. The zero-order valence-corrected chi connectivity index (χ0v) is 41.5. The number of Topliss-reactive ketones (excluding diaryl/α,β-unsaturated/α-hetero) is 2. The first-order chi connectivity index (χ1) is 32.3. The number of pyridine rings is 1. The zero-order valence-electron chi connectivity index (χ0n) is 41.5. The first-order valence-electron chi connectivity index (χ1n) is 24.3. The molecule has 3 fully saturated rings. The van der Waals surface area contributed by atoms with Crippen LogP contribution in [0, 0.1) is 23.7 Å². The molecule has 0 radical (unpaired) electrons. The Hall–Kier alpha value is -4.66. The predicted molar refractivity (Wildman–Crippen MR) is 249 cm³/mol. The van der Waals surface area contributed by atoms with Gasteiger partial charge in [0.05, 0.1) is 41.6 Å². The number of aryl methyl sites for hydroxylation is 2. The lowest BCUT2D eigenvalue weighted by molar-refractivity contribution is -0.296. The average molecular weight is 951 g/mol. The number of amides is 1. The van der Waals surface area contributed by atoms with Gasteiger partial charge in [0.15, 0.2) is 17.7 Å². The fraction of sp³-hybridized carbons (Fsp3) is 0.714. The molecule has 6 heterocycles. The number of aliphatic hydroxyl groups excluding tert-OH is 2. The van der Waals surface area contributed by atoms with Gasteiger partial charge in [-0.3, -0.25) is 24.0 Å². The van der Waals surface area contributed by atoms with E-state index in [1.54, 1.807) is 62.9 Å². The van der Waals surface area contributed by atoms with Gasteiger partial charge in [-0.25, -0.2) is 9.78 Å². The molecule has 0 bridgehead atoms. The highest BCUT2D eigenvalue weighted by molar-refractivity contribution is 6.00. The van der Waals surface area contributed by atoms with Crippen LogP contribution < -0.4 is 0 Å². The van der Waals surface area contributed by atoms with Crippen molar-refractivity contribution in [1.82, 2.24) is 39.3 Å². The number of hydrogen-bond donors (Lipinski definition) is 2. The molecule has 376 valence electrons. The highest BCUT2D eigenvalue weighted by Gasteiger charge is 2.60. The molecule has 19 nitrogen and oxygen atoms in total. The van der Waals surface area contributed by atoms with Crippen molar-refractivity contribution in [1.29, 1.82) is 0 Å². The van der Waals surface area contributed by atoms with E-state index >= 15 is 0 Å². The summed E-state index contributed by atoms with van der Waals surface area (Å²) in [4.78, 5) is 69.9. The van der Waals surface area contributed by atoms with Crippen molar-refractivity contribution < 1.29 is 53.1 Å². The molecule has 13 atom stereocenters. The summed E-state index contributed by atoms with van der Waals surface area (Å²) >= 11 is 0. The molecule has 4 unspecified atom stereocenters. The van der Waals surface area contributed by atoms with Gasteiger partial charge in [0.2, 0.25) is 0 Å². The molecule has 0 aromatic carbocycles. The van der Waals surface area contributed by atoms with Crippen LogP contribution in [0.4, 0.5) is 4.79 Å². The zero-order chi connectivity index (χ0) is 49.5. The Labute approximate surface area is 400 Å². The first-order valence-corrected chi connectivity index (χ1v) is 24.3. The summed E-state index contributed by atoms with van der Waals surface area (Å²) in [5, 5.41) is 29.6. The van der Waals surface area contributed by atoms with Crippen molar-refractivity contribution in [3.05, 3.63) is 48.9 Å². The largest absolute Gasteiger partial charge is 0.458 e. The number of ketones is 2. The molecular formula is C49H74N8O11. The first kappa shape index (κ1) is 52.7. The Morgan fingerprint density at radius 1 is 0.985 bits per heavy atom. The number of esters is 1. The lowest BCUT2D eigenvalue weighted by Gasteiger charge is -2.47. The van der Waals surface area contributed by atoms with E-state index in [2.05, 4.69) is 20.3 Å². The van der Waals surface area contributed by atoms with Gasteiger partial charge in [-0.2, -0.15) is 0 Å². The SMILES string of the molecule is CC[C@H]1OC(=O)C(C)C(=O)[C@H](C)[C@@H](OC2O[C@H](C)CC(N(C)CCc3cn(CCCO)nn3)[C@H]2O)[C@](C)(OC)C[C@@H](C)C(=O)C(C)[C@H]2N(CCCCn3cnc(-c4cccnc4)c3)C(=O)O[C@]12C. The summed E-state index contributed by atoms with van der Waals surface area (Å²) in [7, 11) is 3.40. The van der Waals surface area contributed by atoms with Gasteiger partial charge in [-0.1, -0.05) is 32.9 Å². The Bertz CT molecular complexity index is 2160. The Balaban J connectivity index is 1.22. The summed E-state index contributed by atoms with van der Waals surface area (Å²) in [6, 6.07) is 2.58. The third-order valence-electron chi connectivity index (χ3n) is 14.6. The number of imidazole rings is 1. The quantitative estimate of drug-likeness (QED) is 0.108. The molecule has 3 aromatic rings. The molecule has 0 spiro atoms. The molecule has 3 saturated heterocycles. The number of cyclic esters (lactones) is 1. The van der Waals surface area contributed by atoms with Gasteiger partial charge in [-0.05, 0) is 85.4 Å². The number of ether oxygens (including phenoxy) is 5. The number of methoxy groups -OCH3 is 1. The maximum Gasteiger partial charge on any atom is 0.410 e. The topological polar surface area (TPSA) is 223 Å². The molecule has 2 N–H and O–H groups in total.